The summed E-state index contributed by atoms with van der Waals surface area (Å²) < 4.78 is 1.99. The fourth-order valence-corrected chi connectivity index (χ4v) is 3.87. The van der Waals surface area contributed by atoms with Crippen molar-refractivity contribution in [2.24, 2.45) is 4.99 Å². The Balaban J connectivity index is 1.63. The van der Waals surface area contributed by atoms with Crippen molar-refractivity contribution in [1.29, 1.82) is 0 Å². The minimum Gasteiger partial charge on any atom is -0.352 e. The van der Waals surface area contributed by atoms with E-state index in [0.717, 1.165) is 33.7 Å². The highest BCUT2D eigenvalue weighted by atomic mass is 32.1. The van der Waals surface area contributed by atoms with Gasteiger partial charge in [-0.1, -0.05) is 32.0 Å². The molecule has 0 aliphatic carbocycles. The predicted octanol–water partition coefficient (Wildman–Crippen LogP) is 3.93. The molecule has 0 amide bonds. The number of hydrogen-bond donors (Lipinski definition) is 2. The second-order valence-corrected chi connectivity index (χ2v) is 7.94. The van der Waals surface area contributed by atoms with Crippen LogP contribution in [0, 0.1) is 13.8 Å². The van der Waals surface area contributed by atoms with E-state index in [4.69, 9.17) is 5.10 Å². The molecule has 0 radical (unpaired) electrons. The van der Waals surface area contributed by atoms with Crippen molar-refractivity contribution in [3.8, 4) is 5.69 Å². The van der Waals surface area contributed by atoms with Crippen LogP contribution in [-0.4, -0.2) is 27.8 Å². The summed E-state index contributed by atoms with van der Waals surface area (Å²) >= 11 is 1.68. The first kappa shape index (κ1) is 20.1. The molecule has 0 fully saturated rings. The molecule has 0 atom stereocenters. The van der Waals surface area contributed by atoms with Crippen LogP contribution in [0.25, 0.3) is 5.69 Å². The van der Waals surface area contributed by atoms with Crippen molar-refractivity contribution in [2.45, 2.75) is 46.7 Å². The van der Waals surface area contributed by atoms with E-state index in [1.165, 1.54) is 5.56 Å². The number of aliphatic imine (C=N–C) groups is 1. The number of benzene rings is 1. The standard InChI is InChI=1S/C21H28N6S/c1-14(2)19-13-28-20(25-19)12-24-21(22-5)23-11-18-15(3)26-27(16(18)4)17-9-7-6-8-10-17/h6-10,13-14H,11-12H2,1-5H3,(H2,22,23,24). The second-order valence-electron chi connectivity index (χ2n) is 7.00. The number of guanidine groups is 1. The quantitative estimate of drug-likeness (QED) is 0.489. The first-order valence-electron chi connectivity index (χ1n) is 9.49. The van der Waals surface area contributed by atoms with Gasteiger partial charge in [-0.2, -0.15) is 5.10 Å². The maximum Gasteiger partial charge on any atom is 0.191 e. The third-order valence-corrected chi connectivity index (χ3v) is 5.53. The molecule has 0 saturated carbocycles. The van der Waals surface area contributed by atoms with Crippen LogP contribution in [-0.2, 0) is 13.1 Å². The normalized spacial score (nSPS) is 11.9. The van der Waals surface area contributed by atoms with Crippen LogP contribution in [0.3, 0.4) is 0 Å². The second kappa shape index (κ2) is 9.01. The van der Waals surface area contributed by atoms with Gasteiger partial charge >= 0.3 is 0 Å². The van der Waals surface area contributed by atoms with Crippen LogP contribution < -0.4 is 10.6 Å². The number of thiazole rings is 1. The lowest BCUT2D eigenvalue weighted by Crippen LogP contribution is -2.36. The number of nitrogens with zero attached hydrogens (tertiary/aromatic N) is 4. The molecule has 3 rings (SSSR count). The van der Waals surface area contributed by atoms with E-state index >= 15 is 0 Å². The third-order valence-electron chi connectivity index (χ3n) is 4.67. The number of rotatable bonds is 6. The van der Waals surface area contributed by atoms with Crippen molar-refractivity contribution in [3.05, 3.63) is 63.4 Å². The molecule has 0 aliphatic rings. The summed E-state index contributed by atoms with van der Waals surface area (Å²) in [4.78, 5) is 8.99. The fraction of sp³-hybridized carbons (Fsp3) is 0.381. The van der Waals surface area contributed by atoms with Crippen molar-refractivity contribution in [3.63, 3.8) is 0 Å². The average molecular weight is 397 g/mol. The maximum atomic E-state index is 4.71. The van der Waals surface area contributed by atoms with E-state index in [1.54, 1.807) is 18.4 Å². The molecule has 2 N–H and O–H groups in total. The van der Waals surface area contributed by atoms with Crippen molar-refractivity contribution in [2.75, 3.05) is 7.05 Å². The molecular weight excluding hydrogens is 368 g/mol. The minimum absolute atomic E-state index is 0.453. The number of para-hydroxylation sites is 1. The van der Waals surface area contributed by atoms with Crippen LogP contribution in [0.4, 0.5) is 0 Å². The molecule has 6 nitrogen and oxygen atoms in total. The van der Waals surface area contributed by atoms with Gasteiger partial charge in [0.05, 0.1) is 23.6 Å². The van der Waals surface area contributed by atoms with Crippen molar-refractivity contribution in [1.82, 2.24) is 25.4 Å². The molecule has 7 heteroatoms. The molecule has 148 valence electrons. The minimum atomic E-state index is 0.453. The first-order chi connectivity index (χ1) is 13.5. The molecule has 1 aromatic carbocycles. The first-order valence-corrected chi connectivity index (χ1v) is 10.4. The summed E-state index contributed by atoms with van der Waals surface area (Å²) in [6, 6.07) is 10.2. The Morgan fingerprint density at radius 1 is 1.14 bits per heavy atom. The van der Waals surface area contributed by atoms with Gasteiger partial charge in [-0.05, 0) is 31.9 Å². The Kier molecular flexibility index (Phi) is 6.46. The number of nitrogens with one attached hydrogen (secondary N) is 2. The van der Waals surface area contributed by atoms with E-state index in [9.17, 15) is 0 Å². The van der Waals surface area contributed by atoms with Gasteiger partial charge in [-0.15, -0.1) is 11.3 Å². The zero-order valence-electron chi connectivity index (χ0n) is 17.2. The molecule has 0 bridgehead atoms. The molecule has 0 unspecified atom stereocenters. The zero-order valence-corrected chi connectivity index (χ0v) is 18.0. The smallest absolute Gasteiger partial charge is 0.191 e. The van der Waals surface area contributed by atoms with E-state index in [2.05, 4.69) is 58.9 Å². The Morgan fingerprint density at radius 3 is 2.50 bits per heavy atom. The van der Waals surface area contributed by atoms with Crippen LogP contribution in [0.5, 0.6) is 0 Å². The molecule has 0 aliphatic heterocycles. The molecule has 28 heavy (non-hydrogen) atoms. The lowest BCUT2D eigenvalue weighted by Gasteiger charge is -2.11. The SMILES string of the molecule is CN=C(NCc1nc(C(C)C)cs1)NCc1c(C)nn(-c2ccccc2)c1C. The highest BCUT2D eigenvalue weighted by Crippen LogP contribution is 2.18. The van der Waals surface area contributed by atoms with Crippen molar-refractivity contribution >= 4 is 17.3 Å². The van der Waals surface area contributed by atoms with Crippen molar-refractivity contribution < 1.29 is 0 Å². The van der Waals surface area contributed by atoms with Gasteiger partial charge in [0.2, 0.25) is 0 Å². The number of aromatic nitrogens is 3. The van der Waals surface area contributed by atoms with E-state index < -0.39 is 0 Å². The Labute approximate surface area is 170 Å². The molecule has 0 spiro atoms. The predicted molar refractivity (Wildman–Crippen MR) is 116 cm³/mol. The van der Waals surface area contributed by atoms with Crippen LogP contribution in [0.1, 0.15) is 47.4 Å². The summed E-state index contributed by atoms with van der Waals surface area (Å²) in [6.07, 6.45) is 0. The van der Waals surface area contributed by atoms with Crippen LogP contribution >= 0.6 is 11.3 Å². The van der Waals surface area contributed by atoms with Crippen LogP contribution in [0.15, 0.2) is 40.7 Å². The highest BCUT2D eigenvalue weighted by molar-refractivity contribution is 7.09. The van der Waals surface area contributed by atoms with Gasteiger partial charge in [0.1, 0.15) is 5.01 Å². The van der Waals surface area contributed by atoms with E-state index in [-0.39, 0.29) is 0 Å². The molecule has 2 aromatic heterocycles. The Morgan fingerprint density at radius 2 is 1.86 bits per heavy atom. The van der Waals surface area contributed by atoms with Gasteiger partial charge in [0.15, 0.2) is 5.96 Å². The van der Waals surface area contributed by atoms with Gasteiger partial charge in [-0.25, -0.2) is 9.67 Å². The average Bonchev–Trinajstić information content (AvgIpc) is 3.28. The highest BCUT2D eigenvalue weighted by Gasteiger charge is 2.13. The summed E-state index contributed by atoms with van der Waals surface area (Å²) in [5.74, 6) is 1.21. The van der Waals surface area contributed by atoms with E-state index in [0.29, 0.717) is 19.0 Å². The Bertz CT molecular complexity index is 939. The summed E-state index contributed by atoms with van der Waals surface area (Å²) in [5.41, 5.74) is 5.55. The topological polar surface area (TPSA) is 67.1 Å². The van der Waals surface area contributed by atoms with Gasteiger partial charge in [0.25, 0.3) is 0 Å². The summed E-state index contributed by atoms with van der Waals surface area (Å²) in [6.45, 7) is 9.80. The lowest BCUT2D eigenvalue weighted by molar-refractivity contribution is 0.781. The molecule has 2 heterocycles. The zero-order chi connectivity index (χ0) is 20.1. The monoisotopic (exact) mass is 396 g/mol. The summed E-state index contributed by atoms with van der Waals surface area (Å²) in [7, 11) is 1.78. The third kappa shape index (κ3) is 4.59. The molecule has 3 aromatic rings. The van der Waals surface area contributed by atoms with Crippen LogP contribution in [0.2, 0.25) is 0 Å². The number of aryl methyl sites for hydroxylation is 1. The lowest BCUT2D eigenvalue weighted by atomic mass is 10.2. The van der Waals surface area contributed by atoms with Gasteiger partial charge in [0, 0.05) is 30.2 Å². The largest absolute Gasteiger partial charge is 0.352 e. The summed E-state index contributed by atoms with van der Waals surface area (Å²) in [5, 5.41) is 14.6. The molecular formula is C21H28N6S. The maximum absolute atomic E-state index is 4.71. The molecule has 0 saturated heterocycles. The van der Waals surface area contributed by atoms with E-state index in [1.807, 2.05) is 29.8 Å². The number of hydrogen-bond acceptors (Lipinski definition) is 4. The van der Waals surface area contributed by atoms with Gasteiger partial charge in [-0.3, -0.25) is 4.99 Å². The fourth-order valence-electron chi connectivity index (χ4n) is 2.97. The van der Waals surface area contributed by atoms with Gasteiger partial charge < -0.3 is 10.6 Å². The Hall–Kier alpha value is -2.67.